The highest BCUT2D eigenvalue weighted by molar-refractivity contribution is 6.58. The largest absolute Gasteiger partial charge is 0.727 e. The Balaban J connectivity index is 2.04. The number of hydrogen-bond donors (Lipinski definition) is 1. The van der Waals surface area contributed by atoms with Crippen molar-refractivity contribution in [1.82, 2.24) is 4.57 Å². The highest BCUT2D eigenvalue weighted by Crippen LogP contribution is 2.31. The summed E-state index contributed by atoms with van der Waals surface area (Å²) in [7, 11) is -1.19. The lowest BCUT2D eigenvalue weighted by molar-refractivity contribution is 0.426. The third-order valence-electron chi connectivity index (χ3n) is 4.05. The zero-order valence-corrected chi connectivity index (χ0v) is 11.9. The molecule has 0 spiro atoms. The molecule has 0 aliphatic carbocycles. The van der Waals surface area contributed by atoms with Crippen molar-refractivity contribution in [3.63, 3.8) is 0 Å². The first-order chi connectivity index (χ1) is 10.8. The quantitative estimate of drug-likeness (QED) is 0.446. The van der Waals surface area contributed by atoms with Crippen molar-refractivity contribution in [2.45, 2.75) is 0 Å². The van der Waals surface area contributed by atoms with Crippen molar-refractivity contribution in [3.8, 4) is 5.69 Å². The van der Waals surface area contributed by atoms with Gasteiger partial charge in [0.15, 0.2) is 0 Å². The molecule has 0 amide bonds. The maximum atomic E-state index is 9.35. The monoisotopic (exact) mass is 288 g/mol. The van der Waals surface area contributed by atoms with Crippen molar-refractivity contribution in [2.24, 2.45) is 0 Å². The van der Waals surface area contributed by atoms with Crippen LogP contribution in [0.5, 0.6) is 0 Å². The Hall–Kier alpha value is -2.56. The first-order valence-corrected chi connectivity index (χ1v) is 7.23. The molecule has 1 heterocycles. The fraction of sp³-hybridized carbons (Fsp3) is 0. The number of para-hydroxylation sites is 2. The number of nitrogens with zero attached hydrogens (tertiary/aromatic N) is 1. The van der Waals surface area contributed by atoms with Gasteiger partial charge in [-0.3, -0.25) is 0 Å². The first-order valence-electron chi connectivity index (χ1n) is 7.23. The van der Waals surface area contributed by atoms with Crippen LogP contribution in [-0.4, -0.2) is 21.7 Å². The Morgan fingerprint density at radius 1 is 0.727 bits per heavy atom. The van der Waals surface area contributed by atoms with Crippen LogP contribution in [-0.2, 0) is 0 Å². The summed E-state index contributed by atoms with van der Waals surface area (Å²) in [6.45, 7) is 0. The molecule has 0 aliphatic rings. The molecule has 0 saturated carbocycles. The molecule has 3 N–H and O–H groups in total. The summed E-state index contributed by atoms with van der Waals surface area (Å²) in [6, 6.07) is 24.2. The molecule has 0 fully saturated rings. The minimum absolute atomic E-state index is 0.601. The topological polar surface area (TPSA) is 48.1 Å². The summed E-state index contributed by atoms with van der Waals surface area (Å²) in [5, 5.41) is 19.2. The lowest BCUT2D eigenvalue weighted by atomic mass is 9.80. The average Bonchev–Trinajstić information content (AvgIpc) is 2.89. The van der Waals surface area contributed by atoms with Crippen LogP contribution in [0.25, 0.3) is 27.5 Å². The van der Waals surface area contributed by atoms with E-state index < -0.39 is 7.12 Å². The zero-order chi connectivity index (χ0) is 15.1. The van der Waals surface area contributed by atoms with Crippen molar-refractivity contribution < 1.29 is 10.0 Å². The summed E-state index contributed by atoms with van der Waals surface area (Å²) in [6.07, 6.45) is 0. The number of fused-ring (bicyclic) bond motifs is 3. The Bertz CT molecular complexity index is 905. The molecular weight excluding hydrogens is 273 g/mol. The third-order valence-corrected chi connectivity index (χ3v) is 4.05. The molecule has 22 heavy (non-hydrogen) atoms. The van der Waals surface area contributed by atoms with Gasteiger partial charge in [-0.15, -0.1) is 0 Å². The summed E-state index contributed by atoms with van der Waals surface area (Å²) >= 11 is 0. The van der Waals surface area contributed by atoms with Crippen LogP contribution in [0.4, 0.5) is 0 Å². The van der Waals surface area contributed by atoms with E-state index in [1.807, 2.05) is 24.3 Å². The average molecular weight is 288 g/mol. The van der Waals surface area contributed by atoms with Gasteiger partial charge in [0.05, 0.1) is 11.0 Å². The van der Waals surface area contributed by atoms with E-state index in [0.717, 1.165) is 16.7 Å². The molecule has 4 rings (SSSR count). The minimum Gasteiger partial charge on any atom is -0.522 e. The minimum atomic E-state index is -1.19. The summed E-state index contributed by atoms with van der Waals surface area (Å²) in [5.41, 5.74) is 3.94. The molecule has 0 radical (unpaired) electrons. The van der Waals surface area contributed by atoms with E-state index in [4.69, 9.17) is 5.02 Å². The van der Waals surface area contributed by atoms with Gasteiger partial charge < -0.3 is 14.6 Å². The smallest absolute Gasteiger partial charge is 0.522 e. The third kappa shape index (κ3) is 1.93. The van der Waals surface area contributed by atoms with Gasteiger partial charge in [0, 0.05) is 21.9 Å². The molecule has 0 aliphatic heterocycles. The molecule has 1 aromatic heterocycles. The molecule has 0 unspecified atom stereocenters. The van der Waals surface area contributed by atoms with E-state index in [1.165, 1.54) is 10.8 Å². The second-order valence-corrected chi connectivity index (χ2v) is 5.36. The van der Waals surface area contributed by atoms with Gasteiger partial charge in [-0.25, -0.2) is 0 Å². The second kappa shape index (κ2) is 5.02. The van der Waals surface area contributed by atoms with Crippen LogP contribution in [0.3, 0.4) is 0 Å². The predicted molar refractivity (Wildman–Crippen MR) is 92.0 cm³/mol. The Morgan fingerprint density at radius 2 is 1.23 bits per heavy atom. The standard InChI is InChI=1S/C18H14BNO2/c21-19(22)13-9-11-14(12-10-13)20-17-7-3-1-5-15(17)16-6-2-4-8-18(16)20/h1-12,21-22H/p+1. The van der Waals surface area contributed by atoms with Gasteiger partial charge in [-0.05, 0) is 24.3 Å². The molecule has 0 saturated heterocycles. The number of benzene rings is 3. The van der Waals surface area contributed by atoms with E-state index in [-0.39, 0.29) is 0 Å². The van der Waals surface area contributed by atoms with Crippen LogP contribution in [0.1, 0.15) is 0 Å². The Labute approximate surface area is 128 Å². The fourth-order valence-electron chi connectivity index (χ4n) is 3.01. The van der Waals surface area contributed by atoms with Crippen molar-refractivity contribution in [2.75, 3.05) is 0 Å². The Morgan fingerprint density at radius 3 is 1.73 bits per heavy atom. The van der Waals surface area contributed by atoms with Gasteiger partial charge in [0.1, 0.15) is 0 Å². The van der Waals surface area contributed by atoms with Gasteiger partial charge in [-0.1, -0.05) is 48.5 Å². The Kier molecular flexibility index (Phi) is 3.00. The molecule has 0 bridgehead atoms. The fourth-order valence-corrected chi connectivity index (χ4v) is 3.01. The van der Waals surface area contributed by atoms with Gasteiger partial charge >= 0.3 is 7.12 Å². The molecular formula is C18H15BNO2+. The SMILES string of the molecule is OB([OH2+])c1ccc(-n2c3ccccc3c3ccccc32)cc1. The number of hydrogen-bond acceptors (Lipinski definition) is 1. The zero-order valence-electron chi connectivity index (χ0n) is 11.9. The summed E-state index contributed by atoms with van der Waals surface area (Å²) in [5.74, 6) is 0. The normalized spacial score (nSPS) is 11.2. The van der Waals surface area contributed by atoms with E-state index in [2.05, 4.69) is 41.0 Å². The van der Waals surface area contributed by atoms with Gasteiger partial charge in [0.2, 0.25) is 0 Å². The van der Waals surface area contributed by atoms with Crippen molar-refractivity contribution in [3.05, 3.63) is 72.8 Å². The van der Waals surface area contributed by atoms with E-state index in [0.29, 0.717) is 5.46 Å². The summed E-state index contributed by atoms with van der Waals surface area (Å²) in [4.78, 5) is 0. The molecule has 0 atom stereocenters. The van der Waals surface area contributed by atoms with Crippen LogP contribution in [0.15, 0.2) is 72.8 Å². The van der Waals surface area contributed by atoms with E-state index in [1.54, 1.807) is 12.1 Å². The molecule has 4 aromatic rings. The van der Waals surface area contributed by atoms with Gasteiger partial charge in [0.25, 0.3) is 0 Å². The lowest BCUT2D eigenvalue weighted by Crippen LogP contribution is -2.29. The van der Waals surface area contributed by atoms with Crippen molar-refractivity contribution >= 4 is 34.4 Å². The molecule has 106 valence electrons. The van der Waals surface area contributed by atoms with Crippen LogP contribution < -0.4 is 5.46 Å². The van der Waals surface area contributed by atoms with Crippen LogP contribution in [0, 0.1) is 0 Å². The van der Waals surface area contributed by atoms with E-state index >= 15 is 0 Å². The first kappa shape index (κ1) is 13.1. The van der Waals surface area contributed by atoms with Crippen LogP contribution >= 0.6 is 0 Å². The maximum absolute atomic E-state index is 9.35. The number of aromatic nitrogens is 1. The second-order valence-electron chi connectivity index (χ2n) is 5.36. The maximum Gasteiger partial charge on any atom is 0.727 e. The van der Waals surface area contributed by atoms with E-state index in [9.17, 15) is 5.02 Å². The molecule has 3 nitrogen and oxygen atoms in total. The highest BCUT2D eigenvalue weighted by atomic mass is 16.4. The predicted octanol–water partition coefficient (Wildman–Crippen LogP) is 2.20. The van der Waals surface area contributed by atoms with Crippen LogP contribution in [0.2, 0.25) is 0 Å². The lowest BCUT2D eigenvalue weighted by Gasteiger charge is -2.08. The molecule has 3 aromatic carbocycles. The number of rotatable bonds is 2. The van der Waals surface area contributed by atoms with Crippen molar-refractivity contribution in [1.29, 1.82) is 0 Å². The van der Waals surface area contributed by atoms with Gasteiger partial charge in [-0.2, -0.15) is 0 Å². The highest BCUT2D eigenvalue weighted by Gasteiger charge is 2.21. The molecule has 4 heteroatoms. The summed E-state index contributed by atoms with van der Waals surface area (Å²) < 4.78 is 2.21.